The minimum absolute atomic E-state index is 0.126. The van der Waals surface area contributed by atoms with Crippen molar-refractivity contribution in [3.05, 3.63) is 55.5 Å². The van der Waals surface area contributed by atoms with Crippen LogP contribution in [0, 0.1) is 10.1 Å². The van der Waals surface area contributed by atoms with E-state index >= 15 is 0 Å². The maximum absolute atomic E-state index is 13.0. The second kappa shape index (κ2) is 8.33. The van der Waals surface area contributed by atoms with Crippen molar-refractivity contribution in [2.75, 3.05) is 20.8 Å². The standard InChI is InChI=1S/C21H23N5O6/c1-25-19-18(21(28)24-25)13(9-14(23-19)11-4-5-11)20(27)22-7-6-12-8-16(31-2)17(32-3)10-15(12)26(29)30/h8-11H,4-7H2,1-3H3,(H,22,27)(H,24,28). The molecule has 0 aliphatic heterocycles. The number of nitro benzene ring substituents is 1. The highest BCUT2D eigenvalue weighted by molar-refractivity contribution is 6.05. The Morgan fingerprint density at radius 3 is 2.59 bits per heavy atom. The number of rotatable bonds is 8. The number of methoxy groups -OCH3 is 2. The van der Waals surface area contributed by atoms with E-state index < -0.39 is 16.4 Å². The maximum atomic E-state index is 13.0. The lowest BCUT2D eigenvalue weighted by Crippen LogP contribution is -2.27. The molecule has 3 aromatic rings. The predicted molar refractivity (Wildman–Crippen MR) is 116 cm³/mol. The largest absolute Gasteiger partial charge is 0.493 e. The van der Waals surface area contributed by atoms with Gasteiger partial charge in [0.1, 0.15) is 0 Å². The first kappa shape index (κ1) is 21.3. The molecule has 4 rings (SSSR count). The summed E-state index contributed by atoms with van der Waals surface area (Å²) in [6, 6.07) is 4.50. The molecule has 2 heterocycles. The molecule has 2 aromatic heterocycles. The van der Waals surface area contributed by atoms with Crippen LogP contribution in [0.4, 0.5) is 5.69 Å². The van der Waals surface area contributed by atoms with Crippen molar-refractivity contribution < 1.29 is 19.2 Å². The van der Waals surface area contributed by atoms with Crippen molar-refractivity contribution in [2.24, 2.45) is 7.05 Å². The maximum Gasteiger partial charge on any atom is 0.276 e. The van der Waals surface area contributed by atoms with Gasteiger partial charge in [0.15, 0.2) is 17.1 Å². The second-order valence-electron chi connectivity index (χ2n) is 7.67. The average molecular weight is 441 g/mol. The molecule has 2 N–H and O–H groups in total. The minimum Gasteiger partial charge on any atom is -0.493 e. The van der Waals surface area contributed by atoms with Gasteiger partial charge in [-0.15, -0.1) is 0 Å². The zero-order valence-electron chi connectivity index (χ0n) is 17.9. The van der Waals surface area contributed by atoms with Gasteiger partial charge in [-0.1, -0.05) is 0 Å². The van der Waals surface area contributed by atoms with Crippen LogP contribution in [0.5, 0.6) is 11.5 Å². The first-order chi connectivity index (χ1) is 15.3. The highest BCUT2D eigenvalue weighted by Crippen LogP contribution is 2.40. The number of aromatic amines is 1. The lowest BCUT2D eigenvalue weighted by molar-refractivity contribution is -0.385. The summed E-state index contributed by atoms with van der Waals surface area (Å²) < 4.78 is 11.9. The molecule has 0 bridgehead atoms. The topological polar surface area (TPSA) is 141 Å². The Morgan fingerprint density at radius 2 is 1.97 bits per heavy atom. The van der Waals surface area contributed by atoms with E-state index in [0.717, 1.165) is 18.5 Å². The van der Waals surface area contributed by atoms with Crippen LogP contribution in [0.3, 0.4) is 0 Å². The van der Waals surface area contributed by atoms with Crippen LogP contribution in [0.1, 0.15) is 40.4 Å². The minimum atomic E-state index is -0.503. The third kappa shape index (κ3) is 3.88. The van der Waals surface area contributed by atoms with Gasteiger partial charge in [0, 0.05) is 30.8 Å². The van der Waals surface area contributed by atoms with Crippen molar-refractivity contribution in [3.8, 4) is 11.5 Å². The fourth-order valence-electron chi connectivity index (χ4n) is 3.73. The number of carbonyl (C=O) groups is 1. The number of nitrogens with one attached hydrogen (secondary N) is 2. The second-order valence-corrected chi connectivity index (χ2v) is 7.67. The quantitative estimate of drug-likeness (QED) is 0.402. The third-order valence-electron chi connectivity index (χ3n) is 5.54. The number of amides is 1. The van der Waals surface area contributed by atoms with Gasteiger partial charge in [0.2, 0.25) is 0 Å². The first-order valence-corrected chi connectivity index (χ1v) is 10.1. The van der Waals surface area contributed by atoms with E-state index in [9.17, 15) is 19.7 Å². The van der Waals surface area contributed by atoms with Gasteiger partial charge < -0.3 is 14.8 Å². The van der Waals surface area contributed by atoms with E-state index in [2.05, 4.69) is 15.4 Å². The highest BCUT2D eigenvalue weighted by Gasteiger charge is 2.28. The summed E-state index contributed by atoms with van der Waals surface area (Å²) in [6.45, 7) is 0.127. The molecule has 1 aromatic carbocycles. The zero-order valence-corrected chi connectivity index (χ0v) is 17.9. The summed E-state index contributed by atoms with van der Waals surface area (Å²) in [5.41, 5.74) is 1.34. The lowest BCUT2D eigenvalue weighted by Gasteiger charge is -2.11. The number of H-pyrrole nitrogens is 1. The Hall–Kier alpha value is -3.89. The van der Waals surface area contributed by atoms with Crippen LogP contribution in [0.15, 0.2) is 23.0 Å². The molecule has 0 atom stereocenters. The summed E-state index contributed by atoms with van der Waals surface area (Å²) >= 11 is 0. The third-order valence-corrected chi connectivity index (χ3v) is 5.54. The average Bonchev–Trinajstić information content (AvgIpc) is 3.58. The van der Waals surface area contributed by atoms with E-state index in [4.69, 9.17) is 9.47 Å². The van der Waals surface area contributed by atoms with Crippen LogP contribution in [-0.4, -0.2) is 46.4 Å². The number of hydrogen-bond acceptors (Lipinski definition) is 7. The van der Waals surface area contributed by atoms with Gasteiger partial charge in [-0.05, 0) is 31.4 Å². The Morgan fingerprint density at radius 1 is 1.28 bits per heavy atom. The Bertz CT molecular complexity index is 1270. The number of fused-ring (bicyclic) bond motifs is 1. The highest BCUT2D eigenvalue weighted by atomic mass is 16.6. The van der Waals surface area contributed by atoms with Gasteiger partial charge in [-0.3, -0.25) is 29.5 Å². The van der Waals surface area contributed by atoms with E-state index in [1.165, 1.54) is 31.0 Å². The first-order valence-electron chi connectivity index (χ1n) is 10.1. The number of aryl methyl sites for hydroxylation is 1. The van der Waals surface area contributed by atoms with Crippen LogP contribution < -0.4 is 20.3 Å². The van der Waals surface area contributed by atoms with E-state index in [1.807, 2.05) is 0 Å². The van der Waals surface area contributed by atoms with E-state index in [1.54, 1.807) is 13.1 Å². The molecule has 32 heavy (non-hydrogen) atoms. The normalized spacial score (nSPS) is 13.2. The number of pyridine rings is 1. The van der Waals surface area contributed by atoms with Crippen molar-refractivity contribution >= 4 is 22.6 Å². The van der Waals surface area contributed by atoms with Crippen molar-refractivity contribution in [1.29, 1.82) is 0 Å². The fraction of sp³-hybridized carbons (Fsp3) is 0.381. The summed E-state index contributed by atoms with van der Waals surface area (Å²) in [6.07, 6.45) is 2.19. The monoisotopic (exact) mass is 441 g/mol. The van der Waals surface area contributed by atoms with Gasteiger partial charge in [0.05, 0.1) is 36.2 Å². The molecule has 1 amide bonds. The Kier molecular flexibility index (Phi) is 5.56. The zero-order chi connectivity index (χ0) is 23.0. The summed E-state index contributed by atoms with van der Waals surface area (Å²) in [4.78, 5) is 40.9. The molecule has 0 saturated heterocycles. The molecule has 1 fully saturated rings. The molecule has 11 heteroatoms. The van der Waals surface area contributed by atoms with Gasteiger partial charge in [-0.25, -0.2) is 4.98 Å². The number of aromatic nitrogens is 3. The molecule has 11 nitrogen and oxygen atoms in total. The number of nitrogens with zero attached hydrogens (tertiary/aromatic N) is 3. The molecule has 1 saturated carbocycles. The molecule has 1 aliphatic rings. The van der Waals surface area contributed by atoms with Crippen molar-refractivity contribution in [1.82, 2.24) is 20.1 Å². The SMILES string of the molecule is COc1cc(CCNC(=O)c2cc(C3CC3)nc3c2c(=O)[nH]n3C)c([N+](=O)[O-])cc1OC. The number of benzene rings is 1. The summed E-state index contributed by atoms with van der Waals surface area (Å²) in [5.74, 6) is 0.478. The molecular formula is C21H23N5O6. The molecule has 0 unspecified atom stereocenters. The molecule has 0 spiro atoms. The summed E-state index contributed by atoms with van der Waals surface area (Å²) in [5, 5.41) is 17.1. The number of carbonyl (C=O) groups excluding carboxylic acids is 1. The van der Waals surface area contributed by atoms with Crippen LogP contribution in [0.2, 0.25) is 0 Å². The van der Waals surface area contributed by atoms with Gasteiger partial charge in [0.25, 0.3) is 17.2 Å². The molecule has 1 aliphatic carbocycles. The molecular weight excluding hydrogens is 418 g/mol. The van der Waals surface area contributed by atoms with Gasteiger partial charge in [-0.2, -0.15) is 0 Å². The van der Waals surface area contributed by atoms with Crippen molar-refractivity contribution in [3.63, 3.8) is 0 Å². The van der Waals surface area contributed by atoms with Crippen LogP contribution >= 0.6 is 0 Å². The fourth-order valence-corrected chi connectivity index (χ4v) is 3.73. The Labute approximate surface area is 182 Å². The Balaban J connectivity index is 1.58. The van der Waals surface area contributed by atoms with E-state index in [0.29, 0.717) is 22.9 Å². The predicted octanol–water partition coefficient (Wildman–Crippen LogP) is 2.04. The summed E-state index contributed by atoms with van der Waals surface area (Å²) in [7, 11) is 4.52. The van der Waals surface area contributed by atoms with Crippen LogP contribution in [0.25, 0.3) is 11.0 Å². The van der Waals surface area contributed by atoms with E-state index in [-0.39, 0.29) is 35.4 Å². The molecule has 0 radical (unpaired) electrons. The number of hydrogen-bond donors (Lipinski definition) is 2. The van der Waals surface area contributed by atoms with Gasteiger partial charge >= 0.3 is 0 Å². The number of ether oxygens (including phenoxy) is 2. The molecule has 168 valence electrons. The number of nitro groups is 1. The van der Waals surface area contributed by atoms with Crippen LogP contribution in [-0.2, 0) is 13.5 Å². The van der Waals surface area contributed by atoms with Crippen molar-refractivity contribution in [2.45, 2.75) is 25.2 Å². The lowest BCUT2D eigenvalue weighted by atomic mass is 10.1. The smallest absolute Gasteiger partial charge is 0.276 e.